The fourth-order valence-electron chi connectivity index (χ4n) is 1.41. The Bertz CT molecular complexity index is 198. The first kappa shape index (κ1) is 29.8. The Morgan fingerprint density at radius 3 is 1.27 bits per heavy atom. The molecule has 0 aromatic heterocycles. The zero-order valence-corrected chi connectivity index (χ0v) is 18.2. The van der Waals surface area contributed by atoms with Crippen LogP contribution in [0.25, 0.3) is 0 Å². The van der Waals surface area contributed by atoms with Gasteiger partial charge in [-0.25, -0.2) is 0 Å². The van der Waals surface area contributed by atoms with Gasteiger partial charge in [0.05, 0.1) is 0 Å². The SMILES string of the molecule is C=C(C)S/C(=C\C)CC.CC.CCCCC.CCCCCC. The van der Waals surface area contributed by atoms with Gasteiger partial charge in [0.25, 0.3) is 0 Å². The third-order valence-electron chi connectivity index (χ3n) is 2.64. The van der Waals surface area contributed by atoms with E-state index in [4.69, 9.17) is 0 Å². The number of rotatable bonds is 8. The Hall–Kier alpha value is -0.170. The van der Waals surface area contributed by atoms with Crippen molar-refractivity contribution >= 4 is 11.8 Å². The average molecular weight is 331 g/mol. The molecule has 0 heterocycles. The van der Waals surface area contributed by atoms with Crippen LogP contribution in [0, 0.1) is 0 Å². The highest BCUT2D eigenvalue weighted by atomic mass is 32.2. The van der Waals surface area contributed by atoms with Gasteiger partial charge in [0.2, 0.25) is 0 Å². The Labute approximate surface area is 148 Å². The van der Waals surface area contributed by atoms with Crippen molar-refractivity contribution in [2.24, 2.45) is 0 Å². The van der Waals surface area contributed by atoms with Crippen LogP contribution in [0.1, 0.15) is 114 Å². The second-order valence-electron chi connectivity index (χ2n) is 4.97. The predicted molar refractivity (Wildman–Crippen MR) is 113 cm³/mol. The van der Waals surface area contributed by atoms with Crippen molar-refractivity contribution in [3.05, 3.63) is 22.5 Å². The molecule has 1 heteroatoms. The van der Waals surface area contributed by atoms with Crippen LogP contribution in [0.2, 0.25) is 0 Å². The molecule has 136 valence electrons. The molecule has 0 aliphatic rings. The maximum Gasteiger partial charge on any atom is -0.0151 e. The minimum atomic E-state index is 1.12. The van der Waals surface area contributed by atoms with Crippen molar-refractivity contribution in [3.8, 4) is 0 Å². The largest absolute Gasteiger partial charge is 0.100 e. The van der Waals surface area contributed by atoms with Gasteiger partial charge in [-0.1, -0.05) is 106 Å². The van der Waals surface area contributed by atoms with Crippen molar-refractivity contribution < 1.29 is 0 Å². The van der Waals surface area contributed by atoms with E-state index >= 15 is 0 Å². The summed E-state index contributed by atoms with van der Waals surface area (Å²) in [5.74, 6) is 0. The fourth-order valence-corrected chi connectivity index (χ4v) is 2.12. The van der Waals surface area contributed by atoms with Gasteiger partial charge in [-0.05, 0) is 30.1 Å². The summed E-state index contributed by atoms with van der Waals surface area (Å²) < 4.78 is 0. The molecule has 0 spiro atoms. The highest BCUT2D eigenvalue weighted by molar-refractivity contribution is 8.06. The van der Waals surface area contributed by atoms with Gasteiger partial charge < -0.3 is 0 Å². The van der Waals surface area contributed by atoms with Crippen molar-refractivity contribution in [2.45, 2.75) is 114 Å². The summed E-state index contributed by atoms with van der Waals surface area (Å²) in [4.78, 5) is 2.58. The molecule has 0 amide bonds. The normalized spacial score (nSPS) is 9.41. The topological polar surface area (TPSA) is 0 Å². The zero-order chi connectivity index (χ0) is 18.2. The van der Waals surface area contributed by atoms with E-state index in [-0.39, 0.29) is 0 Å². The van der Waals surface area contributed by atoms with Crippen LogP contribution in [0.3, 0.4) is 0 Å². The lowest BCUT2D eigenvalue weighted by atomic mass is 10.2. The Morgan fingerprint density at radius 1 is 0.818 bits per heavy atom. The van der Waals surface area contributed by atoms with Gasteiger partial charge in [-0.2, -0.15) is 0 Å². The summed E-state index contributed by atoms with van der Waals surface area (Å²) in [7, 11) is 0. The molecule has 0 aromatic carbocycles. The first-order chi connectivity index (χ1) is 10.5. The first-order valence-corrected chi connectivity index (χ1v) is 10.3. The average Bonchev–Trinajstić information content (AvgIpc) is 2.54. The molecule has 0 N–H and O–H groups in total. The molecule has 0 rings (SSSR count). The third-order valence-corrected chi connectivity index (χ3v) is 3.78. The number of allylic oxidation sites excluding steroid dienone is 3. The molecule has 0 radical (unpaired) electrons. The molecule has 0 unspecified atom stereocenters. The summed E-state index contributed by atoms with van der Waals surface area (Å²) in [5.41, 5.74) is 0. The molecular weight excluding hydrogens is 284 g/mol. The van der Waals surface area contributed by atoms with E-state index in [9.17, 15) is 0 Å². The summed E-state index contributed by atoms with van der Waals surface area (Å²) in [5, 5.41) is 0. The Balaban J connectivity index is -0.000000109. The van der Waals surface area contributed by atoms with Gasteiger partial charge in [0, 0.05) is 0 Å². The third kappa shape index (κ3) is 42.7. The monoisotopic (exact) mass is 330 g/mol. The van der Waals surface area contributed by atoms with E-state index in [0.717, 1.165) is 6.42 Å². The second-order valence-corrected chi connectivity index (χ2v) is 6.40. The van der Waals surface area contributed by atoms with Crippen molar-refractivity contribution in [1.82, 2.24) is 0 Å². The molecule has 0 nitrogen and oxygen atoms in total. The van der Waals surface area contributed by atoms with Crippen LogP contribution in [-0.2, 0) is 0 Å². The molecule has 0 saturated heterocycles. The lowest BCUT2D eigenvalue weighted by molar-refractivity contribution is 0.702. The van der Waals surface area contributed by atoms with E-state index in [1.54, 1.807) is 11.8 Å². The molecule has 0 aliphatic heterocycles. The van der Waals surface area contributed by atoms with E-state index in [2.05, 4.69) is 54.2 Å². The van der Waals surface area contributed by atoms with Crippen LogP contribution in [0.15, 0.2) is 22.5 Å². The number of thioether (sulfide) groups is 1. The van der Waals surface area contributed by atoms with E-state index in [1.807, 2.05) is 20.8 Å². The maximum absolute atomic E-state index is 3.81. The molecule has 0 fully saturated rings. The Kier molecular flexibility index (Phi) is 44.3. The lowest BCUT2D eigenvalue weighted by Crippen LogP contribution is -1.70. The Morgan fingerprint density at radius 2 is 1.18 bits per heavy atom. The summed E-state index contributed by atoms with van der Waals surface area (Å²) in [6, 6.07) is 0. The van der Waals surface area contributed by atoms with E-state index < -0.39 is 0 Å². The van der Waals surface area contributed by atoms with Crippen molar-refractivity contribution in [3.63, 3.8) is 0 Å². The lowest BCUT2D eigenvalue weighted by Gasteiger charge is -2.00. The van der Waals surface area contributed by atoms with Gasteiger partial charge in [0.15, 0.2) is 0 Å². The second kappa shape index (κ2) is 32.7. The summed E-state index contributed by atoms with van der Waals surface area (Å²) in [6.45, 7) is 23.0. The molecule has 0 atom stereocenters. The molecule has 0 aliphatic carbocycles. The zero-order valence-electron chi connectivity index (χ0n) is 17.3. The number of hydrogen-bond acceptors (Lipinski definition) is 1. The number of hydrogen-bond donors (Lipinski definition) is 0. The highest BCUT2D eigenvalue weighted by Gasteiger charge is 1.91. The van der Waals surface area contributed by atoms with Gasteiger partial charge in [0.1, 0.15) is 0 Å². The maximum atomic E-state index is 3.81. The fraction of sp³-hybridized carbons (Fsp3) is 0.810. The minimum absolute atomic E-state index is 1.12. The van der Waals surface area contributed by atoms with Crippen LogP contribution < -0.4 is 0 Å². The molecule has 0 aromatic rings. The predicted octanol–water partition coefficient (Wildman–Crippen LogP) is 9.38. The molecular formula is C21H46S. The summed E-state index contributed by atoms with van der Waals surface area (Å²) in [6.07, 6.45) is 12.9. The highest BCUT2D eigenvalue weighted by Crippen LogP contribution is 2.25. The molecule has 22 heavy (non-hydrogen) atoms. The molecule has 0 bridgehead atoms. The van der Waals surface area contributed by atoms with E-state index in [1.165, 1.54) is 54.8 Å². The quantitative estimate of drug-likeness (QED) is 0.399. The van der Waals surface area contributed by atoms with Crippen molar-refractivity contribution in [1.29, 1.82) is 0 Å². The summed E-state index contributed by atoms with van der Waals surface area (Å²) >= 11 is 1.77. The standard InChI is InChI=1S/C8H14S.C6H14.C5H12.C2H6/c1-5-8(6-2)9-7(3)4;1-3-5-6-4-2;1-3-5-4-2;1-2/h5H,3,6H2,1-2,4H3;3-6H2,1-2H3;3-5H2,1-2H3;1-2H3/b8-5-;;;. The minimum Gasteiger partial charge on any atom is -0.100 e. The molecule has 0 saturated carbocycles. The van der Waals surface area contributed by atoms with E-state index in [0.29, 0.717) is 0 Å². The van der Waals surface area contributed by atoms with Crippen molar-refractivity contribution in [2.75, 3.05) is 0 Å². The van der Waals surface area contributed by atoms with Crippen LogP contribution in [0.4, 0.5) is 0 Å². The van der Waals surface area contributed by atoms with Crippen LogP contribution in [-0.4, -0.2) is 0 Å². The smallest absolute Gasteiger partial charge is 0.0151 e. The van der Waals surface area contributed by atoms with Crippen LogP contribution in [0.5, 0.6) is 0 Å². The first-order valence-electron chi connectivity index (χ1n) is 9.52. The van der Waals surface area contributed by atoms with Gasteiger partial charge in [-0.3, -0.25) is 0 Å². The van der Waals surface area contributed by atoms with Crippen LogP contribution >= 0.6 is 11.8 Å². The van der Waals surface area contributed by atoms with Gasteiger partial charge in [-0.15, -0.1) is 11.8 Å². The number of unbranched alkanes of at least 4 members (excludes halogenated alkanes) is 5. The van der Waals surface area contributed by atoms with Gasteiger partial charge >= 0.3 is 0 Å².